The fourth-order valence-electron chi connectivity index (χ4n) is 1.50. The van der Waals surface area contributed by atoms with Gasteiger partial charge in [-0.15, -0.1) is 0 Å². The Hall–Kier alpha value is -2.61. The van der Waals surface area contributed by atoms with Gasteiger partial charge in [0.1, 0.15) is 5.75 Å². The maximum Gasteiger partial charge on any atom is 0.330 e. The second kappa shape index (κ2) is 7.85. The molecule has 0 heterocycles. The van der Waals surface area contributed by atoms with Gasteiger partial charge in [0.25, 0.3) is 11.8 Å². The van der Waals surface area contributed by atoms with Gasteiger partial charge in [-0.25, -0.2) is 4.79 Å². The Labute approximate surface area is 120 Å². The number of esters is 1. The highest BCUT2D eigenvalue weighted by atomic mass is 16.5. The van der Waals surface area contributed by atoms with Crippen LogP contribution in [0.25, 0.3) is 0 Å². The molecule has 1 atom stereocenters. The fourth-order valence-corrected chi connectivity index (χ4v) is 1.50. The zero-order valence-electron chi connectivity index (χ0n) is 11.4. The summed E-state index contributed by atoms with van der Waals surface area (Å²) in [7, 11) is 1.14. The largest absolute Gasteiger partial charge is 0.483 e. The first-order valence-electron chi connectivity index (χ1n) is 5.99. The molecule has 0 aliphatic heterocycles. The summed E-state index contributed by atoms with van der Waals surface area (Å²) >= 11 is 0. The van der Waals surface area contributed by atoms with E-state index in [1.807, 2.05) is 0 Å². The molecular weight excluding hydrogens is 280 g/mol. The van der Waals surface area contributed by atoms with Crippen LogP contribution >= 0.6 is 0 Å². The number of carbonyl (C=O) groups excluding carboxylic acids is 3. The van der Waals surface area contributed by atoms with Crippen molar-refractivity contribution in [3.8, 4) is 5.75 Å². The summed E-state index contributed by atoms with van der Waals surface area (Å²) in [5.41, 5.74) is 5.30. The first kappa shape index (κ1) is 16.4. The molecule has 21 heavy (non-hydrogen) atoms. The van der Waals surface area contributed by atoms with E-state index in [9.17, 15) is 14.4 Å². The van der Waals surface area contributed by atoms with Crippen molar-refractivity contribution in [2.45, 2.75) is 6.04 Å². The molecule has 0 fully saturated rings. The molecule has 0 aliphatic rings. The zero-order valence-corrected chi connectivity index (χ0v) is 11.4. The average molecular weight is 296 g/mol. The molecule has 2 amide bonds. The van der Waals surface area contributed by atoms with Crippen LogP contribution in [0.15, 0.2) is 24.3 Å². The Morgan fingerprint density at radius 3 is 2.57 bits per heavy atom. The lowest BCUT2D eigenvalue weighted by molar-refractivity contribution is -0.146. The van der Waals surface area contributed by atoms with Gasteiger partial charge in [0.2, 0.25) is 0 Å². The monoisotopic (exact) mass is 296 g/mol. The normalized spacial score (nSPS) is 11.3. The van der Waals surface area contributed by atoms with Gasteiger partial charge < -0.3 is 25.6 Å². The molecule has 8 heteroatoms. The quantitative estimate of drug-likeness (QED) is 0.543. The van der Waals surface area contributed by atoms with Gasteiger partial charge in [-0.2, -0.15) is 0 Å². The molecule has 1 aromatic rings. The molecule has 1 aromatic carbocycles. The Morgan fingerprint density at radius 2 is 2.00 bits per heavy atom. The molecule has 4 N–H and O–H groups in total. The van der Waals surface area contributed by atoms with Crippen LogP contribution < -0.4 is 15.8 Å². The minimum atomic E-state index is -1.17. The topological polar surface area (TPSA) is 128 Å². The zero-order chi connectivity index (χ0) is 15.8. The van der Waals surface area contributed by atoms with E-state index >= 15 is 0 Å². The molecule has 0 unspecified atom stereocenters. The van der Waals surface area contributed by atoms with Gasteiger partial charge in [0, 0.05) is 0 Å². The number of nitrogens with one attached hydrogen (secondary N) is 1. The van der Waals surface area contributed by atoms with Gasteiger partial charge in [0.05, 0.1) is 19.3 Å². The number of ether oxygens (including phenoxy) is 2. The van der Waals surface area contributed by atoms with Crippen molar-refractivity contribution < 1.29 is 29.0 Å². The molecular formula is C13H16N2O6. The molecule has 0 aliphatic carbocycles. The standard InChI is InChI=1S/C13H16N2O6/c1-20-13(19)9(6-16)15-11(17)7-21-10-5-3-2-4-8(10)12(14)18/h2-5,9,16H,6-7H2,1H3,(H2,14,18)(H,15,17)/t9-/m1/s1. The van der Waals surface area contributed by atoms with E-state index in [1.165, 1.54) is 12.1 Å². The van der Waals surface area contributed by atoms with Gasteiger partial charge in [-0.1, -0.05) is 12.1 Å². The number of amides is 2. The maximum absolute atomic E-state index is 11.6. The maximum atomic E-state index is 11.6. The molecule has 0 radical (unpaired) electrons. The van der Waals surface area contributed by atoms with Crippen LogP contribution in [-0.2, 0) is 14.3 Å². The van der Waals surface area contributed by atoms with Crippen molar-refractivity contribution in [2.24, 2.45) is 5.73 Å². The number of aliphatic hydroxyl groups excluding tert-OH is 1. The number of nitrogens with two attached hydrogens (primary N) is 1. The lowest BCUT2D eigenvalue weighted by Crippen LogP contribution is -2.45. The van der Waals surface area contributed by atoms with Crippen LogP contribution in [0, 0.1) is 0 Å². The smallest absolute Gasteiger partial charge is 0.330 e. The van der Waals surface area contributed by atoms with Crippen molar-refractivity contribution >= 4 is 17.8 Å². The summed E-state index contributed by atoms with van der Waals surface area (Å²) in [5, 5.41) is 11.2. The van der Waals surface area contributed by atoms with Gasteiger partial charge in [0.15, 0.2) is 12.6 Å². The Bertz CT molecular complexity index is 531. The summed E-state index contributed by atoms with van der Waals surface area (Å²) in [6, 6.07) is 4.99. The molecule has 0 saturated carbocycles. The van der Waals surface area contributed by atoms with Crippen LogP contribution in [0.5, 0.6) is 5.75 Å². The number of hydrogen-bond donors (Lipinski definition) is 3. The summed E-state index contributed by atoms with van der Waals surface area (Å²) in [6.07, 6.45) is 0. The molecule has 0 aromatic heterocycles. The third-order valence-electron chi connectivity index (χ3n) is 2.51. The Kier molecular flexibility index (Phi) is 6.15. The van der Waals surface area contributed by atoms with Gasteiger partial charge >= 0.3 is 5.97 Å². The number of aliphatic hydroxyl groups is 1. The SMILES string of the molecule is COC(=O)[C@@H](CO)NC(=O)COc1ccccc1C(N)=O. The predicted molar refractivity (Wildman–Crippen MR) is 71.5 cm³/mol. The van der Waals surface area contributed by atoms with E-state index in [4.69, 9.17) is 15.6 Å². The van der Waals surface area contributed by atoms with E-state index in [0.29, 0.717) is 0 Å². The van der Waals surface area contributed by atoms with Crippen molar-refractivity contribution in [1.82, 2.24) is 5.32 Å². The molecule has 114 valence electrons. The summed E-state index contributed by atoms with van der Waals surface area (Å²) in [4.78, 5) is 34.0. The van der Waals surface area contributed by atoms with Crippen LogP contribution in [-0.4, -0.2) is 49.3 Å². The van der Waals surface area contributed by atoms with Crippen molar-refractivity contribution in [2.75, 3.05) is 20.3 Å². The summed E-state index contributed by atoms with van der Waals surface area (Å²) in [5.74, 6) is -1.96. The van der Waals surface area contributed by atoms with Crippen LogP contribution in [0.3, 0.4) is 0 Å². The first-order valence-corrected chi connectivity index (χ1v) is 5.99. The third-order valence-corrected chi connectivity index (χ3v) is 2.51. The van der Waals surface area contributed by atoms with Crippen LogP contribution in [0.2, 0.25) is 0 Å². The van der Waals surface area contributed by atoms with Crippen molar-refractivity contribution in [1.29, 1.82) is 0 Å². The van der Waals surface area contributed by atoms with E-state index in [1.54, 1.807) is 12.1 Å². The number of rotatable bonds is 7. The number of primary amides is 1. The molecule has 0 spiro atoms. The number of carbonyl (C=O) groups is 3. The highest BCUT2D eigenvalue weighted by Gasteiger charge is 2.20. The van der Waals surface area contributed by atoms with Gasteiger partial charge in [-0.3, -0.25) is 9.59 Å². The Morgan fingerprint density at radius 1 is 1.33 bits per heavy atom. The average Bonchev–Trinajstić information content (AvgIpc) is 2.49. The Balaban J connectivity index is 2.61. The fraction of sp³-hybridized carbons (Fsp3) is 0.308. The minimum Gasteiger partial charge on any atom is -0.483 e. The molecule has 8 nitrogen and oxygen atoms in total. The number of para-hydroxylation sites is 1. The minimum absolute atomic E-state index is 0.136. The van der Waals surface area contributed by atoms with E-state index in [0.717, 1.165) is 7.11 Å². The predicted octanol–water partition coefficient (Wildman–Crippen LogP) is -1.19. The molecule has 0 saturated heterocycles. The summed E-state index contributed by atoms with van der Waals surface area (Å²) in [6.45, 7) is -1.05. The highest BCUT2D eigenvalue weighted by molar-refractivity contribution is 5.95. The molecule has 0 bridgehead atoms. The lowest BCUT2D eigenvalue weighted by atomic mass is 10.2. The van der Waals surface area contributed by atoms with E-state index in [2.05, 4.69) is 10.1 Å². The second-order valence-corrected chi connectivity index (χ2v) is 3.97. The van der Waals surface area contributed by atoms with Crippen molar-refractivity contribution in [3.63, 3.8) is 0 Å². The molecule has 1 rings (SSSR count). The van der Waals surface area contributed by atoms with Crippen LogP contribution in [0.4, 0.5) is 0 Å². The third kappa shape index (κ3) is 4.77. The number of hydrogen-bond acceptors (Lipinski definition) is 6. The van der Waals surface area contributed by atoms with Crippen LogP contribution in [0.1, 0.15) is 10.4 Å². The highest BCUT2D eigenvalue weighted by Crippen LogP contribution is 2.16. The van der Waals surface area contributed by atoms with E-state index < -0.39 is 37.0 Å². The number of methoxy groups -OCH3 is 1. The van der Waals surface area contributed by atoms with Gasteiger partial charge in [-0.05, 0) is 12.1 Å². The van der Waals surface area contributed by atoms with E-state index in [-0.39, 0.29) is 11.3 Å². The first-order chi connectivity index (χ1) is 9.99. The second-order valence-electron chi connectivity index (χ2n) is 3.97. The van der Waals surface area contributed by atoms with Crippen molar-refractivity contribution in [3.05, 3.63) is 29.8 Å². The summed E-state index contributed by atoms with van der Waals surface area (Å²) < 4.78 is 9.57. The lowest BCUT2D eigenvalue weighted by Gasteiger charge is -2.14. The number of benzene rings is 1.